The second-order valence-electron chi connectivity index (χ2n) is 3.63. The van der Waals surface area contributed by atoms with Crippen LogP contribution in [0.4, 0.5) is 0 Å². The molecule has 5 heteroatoms. The highest BCUT2D eigenvalue weighted by molar-refractivity contribution is 5.85. The molecule has 1 rings (SSSR count). The van der Waals surface area contributed by atoms with Gasteiger partial charge in [0.25, 0.3) is 0 Å². The van der Waals surface area contributed by atoms with Crippen LogP contribution in [0.1, 0.15) is 23.9 Å². The van der Waals surface area contributed by atoms with E-state index in [1.807, 2.05) is 13.8 Å². The first-order chi connectivity index (χ1) is 7.52. The van der Waals surface area contributed by atoms with Crippen LogP contribution in [0.2, 0.25) is 0 Å². The molecule has 0 spiro atoms. The molecule has 0 radical (unpaired) electrons. The maximum atomic E-state index is 10.5. The van der Waals surface area contributed by atoms with Crippen LogP contribution in [-0.2, 0) is 11.3 Å². The number of nitrogens with zero attached hydrogens (tertiary/aromatic N) is 1. The van der Waals surface area contributed by atoms with E-state index in [4.69, 9.17) is 9.63 Å². The van der Waals surface area contributed by atoms with Gasteiger partial charge in [0.2, 0.25) is 0 Å². The number of rotatable bonds is 5. The number of carboxylic acid groups (broad SMARTS) is 1. The van der Waals surface area contributed by atoms with Crippen LogP contribution in [0.15, 0.2) is 16.2 Å². The third-order valence-corrected chi connectivity index (χ3v) is 2.37. The zero-order valence-electron chi connectivity index (χ0n) is 9.70. The lowest BCUT2D eigenvalue weighted by molar-refractivity contribution is -0.132. The molecule has 0 atom stereocenters. The molecular formula is C11H16N2O3. The van der Waals surface area contributed by atoms with E-state index in [-0.39, 0.29) is 0 Å². The van der Waals surface area contributed by atoms with Crippen molar-refractivity contribution in [1.82, 2.24) is 10.5 Å². The van der Waals surface area contributed by atoms with Crippen molar-refractivity contribution < 1.29 is 14.4 Å². The minimum atomic E-state index is -0.890. The summed E-state index contributed by atoms with van der Waals surface area (Å²) >= 11 is 0. The quantitative estimate of drug-likeness (QED) is 0.584. The third-order valence-electron chi connectivity index (χ3n) is 2.37. The molecule has 0 aromatic carbocycles. The Bertz CT molecular complexity index is 388. The lowest BCUT2D eigenvalue weighted by Gasteiger charge is -2.01. The average Bonchev–Trinajstić information content (AvgIpc) is 2.54. The van der Waals surface area contributed by atoms with Crippen LogP contribution >= 0.6 is 0 Å². The van der Waals surface area contributed by atoms with Gasteiger partial charge in [-0.05, 0) is 20.8 Å². The molecule has 0 saturated carbocycles. The van der Waals surface area contributed by atoms with Crippen molar-refractivity contribution in [3.63, 3.8) is 0 Å². The molecule has 5 nitrogen and oxygen atoms in total. The second-order valence-corrected chi connectivity index (χ2v) is 3.63. The summed E-state index contributed by atoms with van der Waals surface area (Å²) in [5, 5.41) is 15.6. The summed E-state index contributed by atoms with van der Waals surface area (Å²) < 4.78 is 5.01. The summed E-state index contributed by atoms with van der Waals surface area (Å²) in [4.78, 5) is 10.5. The first-order valence-corrected chi connectivity index (χ1v) is 5.05. The van der Waals surface area contributed by atoms with Gasteiger partial charge in [-0.3, -0.25) is 0 Å². The van der Waals surface area contributed by atoms with E-state index < -0.39 is 5.97 Å². The van der Waals surface area contributed by atoms with Crippen LogP contribution in [0.5, 0.6) is 0 Å². The lowest BCUT2D eigenvalue weighted by Crippen LogP contribution is -2.15. The molecule has 0 unspecified atom stereocenters. The van der Waals surface area contributed by atoms with E-state index in [1.54, 1.807) is 13.0 Å². The molecule has 16 heavy (non-hydrogen) atoms. The number of carbonyl (C=O) groups is 1. The van der Waals surface area contributed by atoms with E-state index in [9.17, 15) is 4.79 Å². The first-order valence-electron chi connectivity index (χ1n) is 5.05. The SMILES string of the molecule is CC(=CCNCc1c(C)noc1C)C(=O)O. The monoisotopic (exact) mass is 224 g/mol. The molecule has 0 fully saturated rings. The van der Waals surface area contributed by atoms with Gasteiger partial charge in [0.1, 0.15) is 5.76 Å². The van der Waals surface area contributed by atoms with Crippen LogP contribution in [0.25, 0.3) is 0 Å². The van der Waals surface area contributed by atoms with Gasteiger partial charge in [0, 0.05) is 24.2 Å². The molecular weight excluding hydrogens is 208 g/mol. The molecule has 0 aliphatic heterocycles. The Morgan fingerprint density at radius 3 is 2.75 bits per heavy atom. The van der Waals surface area contributed by atoms with Crippen LogP contribution < -0.4 is 5.32 Å². The van der Waals surface area contributed by atoms with Crippen molar-refractivity contribution in [1.29, 1.82) is 0 Å². The zero-order valence-corrected chi connectivity index (χ0v) is 9.70. The van der Waals surface area contributed by atoms with Gasteiger partial charge < -0.3 is 14.9 Å². The van der Waals surface area contributed by atoms with Gasteiger partial charge in [-0.2, -0.15) is 0 Å². The number of aryl methyl sites for hydroxylation is 2. The summed E-state index contributed by atoms with van der Waals surface area (Å²) in [6.07, 6.45) is 1.64. The molecule has 1 heterocycles. The molecule has 0 amide bonds. The van der Waals surface area contributed by atoms with Crippen molar-refractivity contribution in [3.8, 4) is 0 Å². The highest BCUT2D eigenvalue weighted by Crippen LogP contribution is 2.11. The van der Waals surface area contributed by atoms with Gasteiger partial charge in [0.05, 0.1) is 5.69 Å². The predicted molar refractivity (Wildman–Crippen MR) is 59.1 cm³/mol. The molecule has 88 valence electrons. The topological polar surface area (TPSA) is 75.4 Å². The summed E-state index contributed by atoms with van der Waals surface area (Å²) in [5.74, 6) is -0.0944. The molecule has 0 aliphatic rings. The molecule has 0 aliphatic carbocycles. The number of aliphatic carboxylic acids is 1. The largest absolute Gasteiger partial charge is 0.478 e. The second kappa shape index (κ2) is 5.46. The van der Waals surface area contributed by atoms with Gasteiger partial charge in [-0.15, -0.1) is 0 Å². The number of hydrogen-bond donors (Lipinski definition) is 2. The molecule has 0 bridgehead atoms. The third kappa shape index (κ3) is 3.20. The van der Waals surface area contributed by atoms with Crippen LogP contribution in [0.3, 0.4) is 0 Å². The number of carboxylic acids is 1. The lowest BCUT2D eigenvalue weighted by atomic mass is 10.2. The van der Waals surface area contributed by atoms with E-state index in [0.717, 1.165) is 17.0 Å². The summed E-state index contributed by atoms with van der Waals surface area (Å²) in [7, 11) is 0. The van der Waals surface area contributed by atoms with Crippen LogP contribution in [0, 0.1) is 13.8 Å². The Balaban J connectivity index is 2.42. The highest BCUT2D eigenvalue weighted by atomic mass is 16.5. The number of hydrogen-bond acceptors (Lipinski definition) is 4. The highest BCUT2D eigenvalue weighted by Gasteiger charge is 2.07. The van der Waals surface area contributed by atoms with Gasteiger partial charge >= 0.3 is 5.97 Å². The Labute approximate surface area is 94.1 Å². The summed E-state index contributed by atoms with van der Waals surface area (Å²) in [6.45, 7) is 6.45. The fourth-order valence-electron chi connectivity index (χ4n) is 1.26. The zero-order chi connectivity index (χ0) is 12.1. The Morgan fingerprint density at radius 1 is 1.56 bits per heavy atom. The number of aromatic nitrogens is 1. The Hall–Kier alpha value is -1.62. The fraction of sp³-hybridized carbons (Fsp3) is 0.455. The maximum absolute atomic E-state index is 10.5. The molecule has 2 N–H and O–H groups in total. The van der Waals surface area contributed by atoms with E-state index >= 15 is 0 Å². The molecule has 1 aromatic heterocycles. The van der Waals surface area contributed by atoms with E-state index in [1.165, 1.54) is 0 Å². The minimum Gasteiger partial charge on any atom is -0.478 e. The molecule has 1 aromatic rings. The minimum absolute atomic E-state index is 0.339. The smallest absolute Gasteiger partial charge is 0.330 e. The average molecular weight is 224 g/mol. The first kappa shape index (κ1) is 12.4. The van der Waals surface area contributed by atoms with Crippen molar-refractivity contribution in [2.75, 3.05) is 6.54 Å². The summed E-state index contributed by atoms with van der Waals surface area (Å²) in [6, 6.07) is 0. The normalized spacial score (nSPS) is 11.8. The predicted octanol–water partition coefficient (Wildman–Crippen LogP) is 1.41. The van der Waals surface area contributed by atoms with Gasteiger partial charge in [0.15, 0.2) is 0 Å². The standard InChI is InChI=1S/C11H16N2O3/c1-7(11(14)15)4-5-12-6-10-8(2)13-16-9(10)3/h4,12H,5-6H2,1-3H3,(H,14,15). The Kier molecular flexibility index (Phi) is 4.25. The summed E-state index contributed by atoms with van der Waals surface area (Å²) in [5.41, 5.74) is 2.23. The Morgan fingerprint density at radius 2 is 2.25 bits per heavy atom. The maximum Gasteiger partial charge on any atom is 0.330 e. The van der Waals surface area contributed by atoms with Crippen molar-refractivity contribution >= 4 is 5.97 Å². The molecule has 0 saturated heterocycles. The van der Waals surface area contributed by atoms with E-state index in [0.29, 0.717) is 18.7 Å². The van der Waals surface area contributed by atoms with E-state index in [2.05, 4.69) is 10.5 Å². The van der Waals surface area contributed by atoms with Gasteiger partial charge in [-0.1, -0.05) is 11.2 Å². The fourth-order valence-corrected chi connectivity index (χ4v) is 1.26. The van der Waals surface area contributed by atoms with Crippen LogP contribution in [-0.4, -0.2) is 22.8 Å². The number of nitrogens with one attached hydrogen (secondary N) is 1. The van der Waals surface area contributed by atoms with Crippen molar-refractivity contribution in [3.05, 3.63) is 28.7 Å². The van der Waals surface area contributed by atoms with Gasteiger partial charge in [-0.25, -0.2) is 4.79 Å². The van der Waals surface area contributed by atoms with Crippen molar-refractivity contribution in [2.24, 2.45) is 0 Å². The van der Waals surface area contributed by atoms with Crippen molar-refractivity contribution in [2.45, 2.75) is 27.3 Å².